The summed E-state index contributed by atoms with van der Waals surface area (Å²) in [7, 11) is 0. The molecule has 1 saturated heterocycles. The minimum Gasteiger partial charge on any atom is -0.480 e. The number of hydrogen-bond acceptors (Lipinski definition) is 3. The van der Waals surface area contributed by atoms with Crippen LogP contribution in [0.15, 0.2) is 30.3 Å². The third-order valence-corrected chi connectivity index (χ3v) is 3.05. The van der Waals surface area contributed by atoms with Crippen LogP contribution in [-0.2, 0) is 9.59 Å². The maximum Gasteiger partial charge on any atom is 0.320 e. The van der Waals surface area contributed by atoms with Gasteiger partial charge in [0.15, 0.2) is 0 Å². The molecule has 0 aromatic heterocycles. The Balaban J connectivity index is 1.80. The first kappa shape index (κ1) is 12.6. The second-order valence-electron chi connectivity index (χ2n) is 4.52. The number of nitrogens with one attached hydrogen (secondary N) is 2. The zero-order chi connectivity index (χ0) is 13.0. The van der Waals surface area contributed by atoms with E-state index in [2.05, 4.69) is 10.6 Å². The summed E-state index contributed by atoms with van der Waals surface area (Å²) in [5.74, 6) is -0.824. The number of hydrogen-bond donors (Lipinski definition) is 3. The number of rotatable bonds is 4. The molecule has 1 fully saturated rings. The van der Waals surface area contributed by atoms with Gasteiger partial charge in [-0.05, 0) is 31.0 Å². The highest BCUT2D eigenvalue weighted by molar-refractivity contribution is 5.90. The van der Waals surface area contributed by atoms with E-state index in [9.17, 15) is 9.59 Å². The molecule has 0 bridgehead atoms. The van der Waals surface area contributed by atoms with Crippen LogP contribution in [0.5, 0.6) is 0 Å². The Kier molecular flexibility index (Phi) is 3.94. The highest BCUT2D eigenvalue weighted by Crippen LogP contribution is 2.18. The molecule has 0 spiro atoms. The first-order chi connectivity index (χ1) is 8.65. The SMILES string of the molecule is O=C(CC1CNC(C(=O)O)C1)Nc1ccccc1. The lowest BCUT2D eigenvalue weighted by atomic mass is 10.0. The molecule has 1 aromatic carbocycles. The second-order valence-corrected chi connectivity index (χ2v) is 4.52. The van der Waals surface area contributed by atoms with E-state index in [0.29, 0.717) is 19.4 Å². The highest BCUT2D eigenvalue weighted by atomic mass is 16.4. The van der Waals surface area contributed by atoms with Crippen molar-refractivity contribution in [3.05, 3.63) is 30.3 Å². The van der Waals surface area contributed by atoms with Crippen LogP contribution in [0, 0.1) is 5.92 Å². The molecule has 18 heavy (non-hydrogen) atoms. The van der Waals surface area contributed by atoms with Crippen LogP contribution < -0.4 is 10.6 Å². The van der Waals surface area contributed by atoms with Crippen LogP contribution in [0.3, 0.4) is 0 Å². The van der Waals surface area contributed by atoms with E-state index in [1.165, 1.54) is 0 Å². The van der Waals surface area contributed by atoms with E-state index in [4.69, 9.17) is 5.11 Å². The minimum atomic E-state index is -0.846. The number of para-hydroxylation sites is 1. The van der Waals surface area contributed by atoms with Crippen LogP contribution in [-0.4, -0.2) is 29.6 Å². The zero-order valence-corrected chi connectivity index (χ0v) is 9.93. The number of carbonyl (C=O) groups excluding carboxylic acids is 1. The fourth-order valence-corrected chi connectivity index (χ4v) is 2.15. The summed E-state index contributed by atoms with van der Waals surface area (Å²) < 4.78 is 0. The molecule has 5 nitrogen and oxygen atoms in total. The Bertz CT molecular complexity index is 433. The van der Waals surface area contributed by atoms with Gasteiger partial charge in [-0.15, -0.1) is 0 Å². The summed E-state index contributed by atoms with van der Waals surface area (Å²) >= 11 is 0. The second kappa shape index (κ2) is 5.64. The first-order valence-electron chi connectivity index (χ1n) is 5.96. The van der Waals surface area contributed by atoms with Gasteiger partial charge >= 0.3 is 5.97 Å². The molecule has 3 N–H and O–H groups in total. The van der Waals surface area contributed by atoms with Gasteiger partial charge in [-0.3, -0.25) is 9.59 Å². The van der Waals surface area contributed by atoms with Gasteiger partial charge in [0.1, 0.15) is 6.04 Å². The topological polar surface area (TPSA) is 78.4 Å². The molecule has 0 radical (unpaired) electrons. The summed E-state index contributed by atoms with van der Waals surface area (Å²) in [6.45, 7) is 0.583. The predicted molar refractivity (Wildman–Crippen MR) is 67.2 cm³/mol. The molecule has 1 aromatic rings. The summed E-state index contributed by atoms with van der Waals surface area (Å²) in [5.41, 5.74) is 0.767. The van der Waals surface area contributed by atoms with Gasteiger partial charge in [0.25, 0.3) is 0 Å². The highest BCUT2D eigenvalue weighted by Gasteiger charge is 2.30. The molecule has 1 aliphatic heterocycles. The number of benzene rings is 1. The lowest BCUT2D eigenvalue weighted by molar-refractivity contribution is -0.139. The van der Waals surface area contributed by atoms with Crippen LogP contribution >= 0.6 is 0 Å². The standard InChI is InChI=1S/C13H16N2O3/c16-12(15-10-4-2-1-3-5-10)7-9-6-11(13(17)18)14-8-9/h1-5,9,11,14H,6-8H2,(H,15,16)(H,17,18). The maximum atomic E-state index is 11.8. The maximum absolute atomic E-state index is 11.8. The van der Waals surface area contributed by atoms with Crippen molar-refractivity contribution in [3.63, 3.8) is 0 Å². The van der Waals surface area contributed by atoms with Crippen molar-refractivity contribution in [1.82, 2.24) is 5.32 Å². The average Bonchev–Trinajstić information content (AvgIpc) is 2.78. The Morgan fingerprint density at radius 1 is 1.33 bits per heavy atom. The summed E-state index contributed by atoms with van der Waals surface area (Å²) in [6, 6.07) is 8.73. The largest absolute Gasteiger partial charge is 0.480 e. The third kappa shape index (κ3) is 3.30. The van der Waals surface area contributed by atoms with E-state index in [0.717, 1.165) is 5.69 Å². The molecule has 96 valence electrons. The summed E-state index contributed by atoms with van der Waals surface area (Å²) in [6.07, 6.45) is 0.864. The minimum absolute atomic E-state index is 0.0703. The van der Waals surface area contributed by atoms with E-state index < -0.39 is 12.0 Å². The van der Waals surface area contributed by atoms with Gasteiger partial charge in [0.05, 0.1) is 0 Å². The number of carboxylic acid groups (broad SMARTS) is 1. The lowest BCUT2D eigenvalue weighted by Gasteiger charge is -2.09. The van der Waals surface area contributed by atoms with Crippen LogP contribution in [0.2, 0.25) is 0 Å². The van der Waals surface area contributed by atoms with Crippen molar-refractivity contribution >= 4 is 17.6 Å². The van der Waals surface area contributed by atoms with Crippen molar-refractivity contribution in [2.45, 2.75) is 18.9 Å². The molecule has 2 atom stereocenters. The third-order valence-electron chi connectivity index (χ3n) is 3.05. The Morgan fingerprint density at radius 2 is 2.06 bits per heavy atom. The van der Waals surface area contributed by atoms with Gasteiger partial charge in [-0.25, -0.2) is 0 Å². The van der Waals surface area contributed by atoms with Crippen molar-refractivity contribution in [1.29, 1.82) is 0 Å². The van der Waals surface area contributed by atoms with Crippen LogP contribution in [0.1, 0.15) is 12.8 Å². The Hall–Kier alpha value is -1.88. The van der Waals surface area contributed by atoms with Crippen molar-refractivity contribution in [3.8, 4) is 0 Å². The Labute approximate surface area is 105 Å². The summed E-state index contributed by atoms with van der Waals surface area (Å²) in [5, 5.41) is 14.5. The van der Waals surface area contributed by atoms with E-state index >= 15 is 0 Å². The normalized spacial score (nSPS) is 22.7. The number of aliphatic carboxylic acids is 1. The monoisotopic (exact) mass is 248 g/mol. The predicted octanol–water partition coefficient (Wildman–Crippen LogP) is 1.08. The van der Waals surface area contributed by atoms with Gasteiger partial charge in [0.2, 0.25) is 5.91 Å². The van der Waals surface area contributed by atoms with E-state index in [1.54, 1.807) is 0 Å². The lowest BCUT2D eigenvalue weighted by Crippen LogP contribution is -2.29. The van der Waals surface area contributed by atoms with Gasteiger partial charge in [0, 0.05) is 12.1 Å². The fourth-order valence-electron chi connectivity index (χ4n) is 2.15. The molecule has 5 heteroatoms. The smallest absolute Gasteiger partial charge is 0.320 e. The molecule has 0 aliphatic carbocycles. The Morgan fingerprint density at radius 3 is 2.67 bits per heavy atom. The molecule has 1 aliphatic rings. The molecule has 0 saturated carbocycles. The number of anilines is 1. The zero-order valence-electron chi connectivity index (χ0n) is 9.93. The first-order valence-corrected chi connectivity index (χ1v) is 5.96. The average molecular weight is 248 g/mol. The summed E-state index contributed by atoms with van der Waals surface area (Å²) in [4.78, 5) is 22.5. The fraction of sp³-hybridized carbons (Fsp3) is 0.385. The van der Waals surface area contributed by atoms with Gasteiger partial charge < -0.3 is 15.7 Å². The number of amides is 1. The number of carboxylic acids is 1. The number of carbonyl (C=O) groups is 2. The van der Waals surface area contributed by atoms with Gasteiger partial charge in [-0.2, -0.15) is 0 Å². The van der Waals surface area contributed by atoms with Crippen LogP contribution in [0.25, 0.3) is 0 Å². The van der Waals surface area contributed by atoms with Gasteiger partial charge in [-0.1, -0.05) is 18.2 Å². The van der Waals surface area contributed by atoms with E-state index in [-0.39, 0.29) is 11.8 Å². The molecule has 2 unspecified atom stereocenters. The molecular formula is C13H16N2O3. The van der Waals surface area contributed by atoms with E-state index in [1.807, 2.05) is 30.3 Å². The molecule has 1 amide bonds. The van der Waals surface area contributed by atoms with Crippen molar-refractivity contribution in [2.24, 2.45) is 5.92 Å². The molecule has 2 rings (SSSR count). The van der Waals surface area contributed by atoms with Crippen molar-refractivity contribution < 1.29 is 14.7 Å². The molecular weight excluding hydrogens is 232 g/mol. The molecule has 1 heterocycles. The van der Waals surface area contributed by atoms with Crippen LogP contribution in [0.4, 0.5) is 5.69 Å². The van der Waals surface area contributed by atoms with Crippen molar-refractivity contribution in [2.75, 3.05) is 11.9 Å². The quantitative estimate of drug-likeness (QED) is 0.745.